The highest BCUT2D eigenvalue weighted by Gasteiger charge is 2.27. The molecule has 112 valence electrons. The van der Waals surface area contributed by atoms with E-state index in [2.05, 4.69) is 48.1 Å². The van der Waals surface area contributed by atoms with Crippen LogP contribution in [0.1, 0.15) is 52.9 Å². The molecular formula is C17H25BrClN. The Balaban J connectivity index is 1.95. The molecule has 1 saturated carbocycles. The van der Waals surface area contributed by atoms with Crippen LogP contribution in [0, 0.1) is 11.3 Å². The molecule has 2 rings (SSSR count). The molecule has 2 atom stereocenters. The molecule has 0 aliphatic heterocycles. The Morgan fingerprint density at radius 2 is 1.90 bits per heavy atom. The first-order chi connectivity index (χ1) is 9.36. The maximum Gasteiger partial charge on any atom is 0.0568 e. The van der Waals surface area contributed by atoms with Crippen molar-refractivity contribution in [3.05, 3.63) is 27.7 Å². The molecule has 0 heterocycles. The van der Waals surface area contributed by atoms with E-state index < -0.39 is 0 Å². The van der Waals surface area contributed by atoms with Crippen LogP contribution in [0.5, 0.6) is 0 Å². The van der Waals surface area contributed by atoms with Gasteiger partial charge in [0.05, 0.1) is 5.02 Å². The molecule has 0 aromatic heterocycles. The molecule has 1 nitrogen and oxygen atoms in total. The van der Waals surface area contributed by atoms with Gasteiger partial charge in [-0.05, 0) is 71.1 Å². The fourth-order valence-electron chi connectivity index (χ4n) is 3.13. The van der Waals surface area contributed by atoms with Crippen molar-refractivity contribution in [3.8, 4) is 0 Å². The molecular weight excluding hydrogens is 334 g/mol. The number of halogens is 2. The molecule has 1 fully saturated rings. The summed E-state index contributed by atoms with van der Waals surface area (Å²) in [5.74, 6) is 0.850. The first-order valence-corrected chi connectivity index (χ1v) is 8.75. The smallest absolute Gasteiger partial charge is 0.0568 e. The van der Waals surface area contributed by atoms with Crippen LogP contribution in [-0.2, 0) is 0 Å². The largest absolute Gasteiger partial charge is 0.382 e. The van der Waals surface area contributed by atoms with Crippen LogP contribution in [0.15, 0.2) is 22.7 Å². The standard InChI is InChI=1S/C17H25BrClN/c1-17(2,3)12-5-4-6-13(8-7-12)20-14-9-10-15(18)16(19)11-14/h9-13,20H,4-8H2,1-3H3. The monoisotopic (exact) mass is 357 g/mol. The number of benzene rings is 1. The predicted octanol–water partition coefficient (Wildman–Crippen LogP) is 6.51. The van der Waals surface area contributed by atoms with Gasteiger partial charge in [0.2, 0.25) is 0 Å². The molecule has 1 aliphatic rings. The molecule has 0 saturated heterocycles. The van der Waals surface area contributed by atoms with Gasteiger partial charge in [-0.1, -0.05) is 38.8 Å². The lowest BCUT2D eigenvalue weighted by molar-refractivity contribution is 0.214. The Bertz CT molecular complexity index is 453. The van der Waals surface area contributed by atoms with Gasteiger partial charge in [-0.25, -0.2) is 0 Å². The average Bonchev–Trinajstić information content (AvgIpc) is 2.59. The Morgan fingerprint density at radius 3 is 2.55 bits per heavy atom. The van der Waals surface area contributed by atoms with E-state index in [9.17, 15) is 0 Å². The van der Waals surface area contributed by atoms with Crippen molar-refractivity contribution in [1.29, 1.82) is 0 Å². The van der Waals surface area contributed by atoms with Gasteiger partial charge >= 0.3 is 0 Å². The molecule has 1 aromatic rings. The van der Waals surface area contributed by atoms with Crippen LogP contribution in [-0.4, -0.2) is 6.04 Å². The van der Waals surface area contributed by atoms with Crippen LogP contribution < -0.4 is 5.32 Å². The predicted molar refractivity (Wildman–Crippen MR) is 92.6 cm³/mol. The van der Waals surface area contributed by atoms with Gasteiger partial charge in [0.15, 0.2) is 0 Å². The Labute approximate surface area is 136 Å². The maximum atomic E-state index is 6.16. The minimum absolute atomic E-state index is 0.440. The van der Waals surface area contributed by atoms with Gasteiger partial charge in [-0.15, -0.1) is 0 Å². The summed E-state index contributed by atoms with van der Waals surface area (Å²) in [6, 6.07) is 6.71. The van der Waals surface area contributed by atoms with Gasteiger partial charge in [0, 0.05) is 16.2 Å². The van der Waals surface area contributed by atoms with Crippen molar-refractivity contribution >= 4 is 33.2 Å². The molecule has 2 unspecified atom stereocenters. The fourth-order valence-corrected chi connectivity index (χ4v) is 3.56. The van der Waals surface area contributed by atoms with E-state index in [0.29, 0.717) is 11.5 Å². The van der Waals surface area contributed by atoms with E-state index in [1.54, 1.807) is 0 Å². The summed E-state index contributed by atoms with van der Waals surface area (Å²) in [7, 11) is 0. The van der Waals surface area contributed by atoms with Gasteiger partial charge < -0.3 is 5.32 Å². The highest BCUT2D eigenvalue weighted by atomic mass is 79.9. The van der Waals surface area contributed by atoms with Crippen molar-refractivity contribution < 1.29 is 0 Å². The normalized spacial score (nSPS) is 24.2. The quantitative estimate of drug-likeness (QED) is 0.594. The van der Waals surface area contributed by atoms with Crippen LogP contribution in [0.4, 0.5) is 5.69 Å². The lowest BCUT2D eigenvalue weighted by Gasteiger charge is -2.29. The minimum Gasteiger partial charge on any atom is -0.382 e. The lowest BCUT2D eigenvalue weighted by atomic mass is 9.76. The summed E-state index contributed by atoms with van der Waals surface area (Å²) in [6.45, 7) is 7.12. The summed E-state index contributed by atoms with van der Waals surface area (Å²) < 4.78 is 0.957. The second kappa shape index (κ2) is 6.70. The molecule has 0 amide bonds. The second-order valence-corrected chi connectivity index (χ2v) is 8.30. The third-order valence-electron chi connectivity index (χ3n) is 4.48. The number of rotatable bonds is 2. The zero-order chi connectivity index (χ0) is 14.8. The highest BCUT2D eigenvalue weighted by Crippen LogP contribution is 2.37. The molecule has 1 N–H and O–H groups in total. The van der Waals surface area contributed by atoms with E-state index >= 15 is 0 Å². The molecule has 1 aliphatic carbocycles. The number of anilines is 1. The van der Waals surface area contributed by atoms with Crippen LogP contribution in [0.25, 0.3) is 0 Å². The number of hydrogen-bond acceptors (Lipinski definition) is 1. The summed E-state index contributed by atoms with van der Waals surface area (Å²) >= 11 is 9.60. The molecule has 0 bridgehead atoms. The maximum absolute atomic E-state index is 6.16. The number of hydrogen-bond donors (Lipinski definition) is 1. The third-order valence-corrected chi connectivity index (χ3v) is 5.72. The Morgan fingerprint density at radius 1 is 1.15 bits per heavy atom. The number of nitrogens with one attached hydrogen (secondary N) is 1. The molecule has 3 heteroatoms. The van der Waals surface area contributed by atoms with Gasteiger partial charge in [0.25, 0.3) is 0 Å². The summed E-state index contributed by atoms with van der Waals surface area (Å²) in [5.41, 5.74) is 1.58. The fraction of sp³-hybridized carbons (Fsp3) is 0.647. The van der Waals surface area contributed by atoms with Gasteiger partial charge in [0.1, 0.15) is 0 Å². The summed E-state index contributed by atoms with van der Waals surface area (Å²) in [6.07, 6.45) is 6.54. The van der Waals surface area contributed by atoms with E-state index in [-0.39, 0.29) is 0 Å². The van der Waals surface area contributed by atoms with Crippen molar-refractivity contribution in [2.75, 3.05) is 5.32 Å². The zero-order valence-corrected chi connectivity index (χ0v) is 15.0. The van der Waals surface area contributed by atoms with Crippen molar-refractivity contribution in [3.63, 3.8) is 0 Å². The van der Waals surface area contributed by atoms with Crippen LogP contribution in [0.2, 0.25) is 5.02 Å². The highest BCUT2D eigenvalue weighted by molar-refractivity contribution is 9.10. The van der Waals surface area contributed by atoms with E-state index in [1.807, 2.05) is 12.1 Å². The molecule has 0 spiro atoms. The lowest BCUT2D eigenvalue weighted by Crippen LogP contribution is -2.21. The van der Waals surface area contributed by atoms with Crippen molar-refractivity contribution in [2.24, 2.45) is 11.3 Å². The minimum atomic E-state index is 0.440. The summed E-state index contributed by atoms with van der Waals surface area (Å²) in [5, 5.41) is 4.43. The van der Waals surface area contributed by atoms with E-state index in [0.717, 1.165) is 21.1 Å². The third kappa shape index (κ3) is 4.39. The van der Waals surface area contributed by atoms with E-state index in [4.69, 9.17) is 11.6 Å². The van der Waals surface area contributed by atoms with Crippen molar-refractivity contribution in [2.45, 2.75) is 58.9 Å². The first kappa shape index (κ1) is 16.2. The first-order valence-electron chi connectivity index (χ1n) is 7.58. The summed E-state index contributed by atoms with van der Waals surface area (Å²) in [4.78, 5) is 0. The second-order valence-electron chi connectivity index (χ2n) is 7.04. The molecule has 20 heavy (non-hydrogen) atoms. The Kier molecular flexibility index (Phi) is 5.42. The van der Waals surface area contributed by atoms with Gasteiger partial charge in [-0.3, -0.25) is 0 Å². The molecule has 0 radical (unpaired) electrons. The van der Waals surface area contributed by atoms with Gasteiger partial charge in [-0.2, -0.15) is 0 Å². The average molecular weight is 359 g/mol. The van der Waals surface area contributed by atoms with E-state index in [1.165, 1.54) is 32.1 Å². The Hall–Kier alpha value is -0.210. The zero-order valence-electron chi connectivity index (χ0n) is 12.7. The SMILES string of the molecule is CC(C)(C)C1CCCC(Nc2ccc(Br)c(Cl)c2)CC1. The van der Waals surface area contributed by atoms with Crippen LogP contribution in [0.3, 0.4) is 0 Å². The van der Waals surface area contributed by atoms with Crippen molar-refractivity contribution in [1.82, 2.24) is 0 Å². The molecule has 1 aromatic carbocycles. The topological polar surface area (TPSA) is 12.0 Å². The van der Waals surface area contributed by atoms with Crippen LogP contribution >= 0.6 is 27.5 Å².